The van der Waals surface area contributed by atoms with E-state index in [0.29, 0.717) is 11.4 Å². The number of hydrogen-bond donors (Lipinski definition) is 1. The number of nitrogens with one attached hydrogen (secondary N) is 1. The van der Waals surface area contributed by atoms with Gasteiger partial charge in [-0.05, 0) is 70.3 Å². The number of pyridine rings is 1. The smallest absolute Gasteiger partial charge is 0.261 e. The highest BCUT2D eigenvalue weighted by atomic mass is 32.2. The molecular formula is C26H20N2O4S2. The topological polar surface area (TPSA) is 85.4 Å². The predicted octanol–water partition coefficient (Wildman–Crippen LogP) is 5.22. The van der Waals surface area contributed by atoms with Crippen LogP contribution in [0.2, 0.25) is 0 Å². The second-order valence-electron chi connectivity index (χ2n) is 7.73. The number of amides is 1. The third kappa shape index (κ3) is 4.25. The molecule has 34 heavy (non-hydrogen) atoms. The molecule has 0 unspecified atom stereocenters. The first-order valence-electron chi connectivity index (χ1n) is 10.5. The Labute approximate surface area is 200 Å². The minimum absolute atomic E-state index is 0.175. The molecule has 0 fully saturated rings. The maximum atomic E-state index is 13.2. The van der Waals surface area contributed by atoms with Gasteiger partial charge in [0.05, 0.1) is 26.5 Å². The lowest BCUT2D eigenvalue weighted by atomic mass is 10.1. The fourth-order valence-corrected chi connectivity index (χ4v) is 5.93. The molecule has 0 bridgehead atoms. The number of carbonyl (C=O) groups is 1. The van der Waals surface area contributed by atoms with E-state index in [1.54, 1.807) is 68.0 Å². The Morgan fingerprint density at radius 2 is 1.65 bits per heavy atom. The molecule has 0 aliphatic rings. The van der Waals surface area contributed by atoms with Crippen LogP contribution < -0.4 is 10.1 Å². The first kappa shape index (κ1) is 22.1. The van der Waals surface area contributed by atoms with Gasteiger partial charge in [-0.25, -0.2) is 8.42 Å². The minimum Gasteiger partial charge on any atom is -0.497 e. The SMILES string of the molecule is COc1ccc2cc(S(=O)(=O)c3ccc(CNC(=O)c4cc5ccncc5s4)cc3)ccc2c1. The molecule has 0 saturated heterocycles. The van der Waals surface area contributed by atoms with Crippen molar-refractivity contribution >= 4 is 47.9 Å². The molecule has 2 heterocycles. The number of nitrogens with zero attached hydrogens (tertiary/aromatic N) is 1. The predicted molar refractivity (Wildman–Crippen MR) is 133 cm³/mol. The van der Waals surface area contributed by atoms with E-state index in [0.717, 1.165) is 32.2 Å². The van der Waals surface area contributed by atoms with Gasteiger partial charge in [-0.2, -0.15) is 0 Å². The number of benzene rings is 3. The highest BCUT2D eigenvalue weighted by molar-refractivity contribution is 7.91. The van der Waals surface area contributed by atoms with E-state index in [-0.39, 0.29) is 15.7 Å². The highest BCUT2D eigenvalue weighted by Gasteiger charge is 2.18. The van der Waals surface area contributed by atoms with Gasteiger partial charge in [0, 0.05) is 18.9 Å². The second-order valence-corrected chi connectivity index (χ2v) is 10.8. The molecule has 0 atom stereocenters. The Balaban J connectivity index is 1.31. The summed E-state index contributed by atoms with van der Waals surface area (Å²) in [5.41, 5.74) is 0.806. The van der Waals surface area contributed by atoms with E-state index in [2.05, 4.69) is 10.3 Å². The highest BCUT2D eigenvalue weighted by Crippen LogP contribution is 2.28. The van der Waals surface area contributed by atoms with Crippen LogP contribution in [-0.2, 0) is 16.4 Å². The number of thiophene rings is 1. The van der Waals surface area contributed by atoms with Gasteiger partial charge in [-0.1, -0.05) is 24.3 Å². The van der Waals surface area contributed by atoms with E-state index in [1.165, 1.54) is 11.3 Å². The van der Waals surface area contributed by atoms with Crippen molar-refractivity contribution in [3.05, 3.63) is 95.6 Å². The summed E-state index contributed by atoms with van der Waals surface area (Å²) in [6.45, 7) is 0.295. The number of ether oxygens (including phenoxy) is 1. The molecule has 3 aromatic carbocycles. The fraction of sp³-hybridized carbons (Fsp3) is 0.0769. The van der Waals surface area contributed by atoms with Crippen molar-refractivity contribution in [3.8, 4) is 5.75 Å². The van der Waals surface area contributed by atoms with Crippen LogP contribution in [0.3, 0.4) is 0 Å². The van der Waals surface area contributed by atoms with Gasteiger partial charge >= 0.3 is 0 Å². The molecule has 1 N–H and O–H groups in total. The molecule has 0 aliphatic carbocycles. The summed E-state index contributed by atoms with van der Waals surface area (Å²) in [5.74, 6) is 0.542. The van der Waals surface area contributed by atoms with E-state index in [4.69, 9.17) is 4.74 Å². The maximum Gasteiger partial charge on any atom is 0.261 e. The third-order valence-electron chi connectivity index (χ3n) is 5.56. The van der Waals surface area contributed by atoms with Gasteiger partial charge in [0.15, 0.2) is 0 Å². The molecular weight excluding hydrogens is 468 g/mol. The van der Waals surface area contributed by atoms with Crippen LogP contribution in [0.4, 0.5) is 0 Å². The molecule has 8 heteroatoms. The normalized spacial score (nSPS) is 11.6. The van der Waals surface area contributed by atoms with Gasteiger partial charge in [0.25, 0.3) is 5.91 Å². The number of rotatable bonds is 6. The lowest BCUT2D eigenvalue weighted by Gasteiger charge is -2.09. The first-order chi connectivity index (χ1) is 16.4. The van der Waals surface area contributed by atoms with Crippen molar-refractivity contribution in [1.82, 2.24) is 10.3 Å². The molecule has 5 rings (SSSR count). The Hall–Kier alpha value is -3.75. The molecule has 0 radical (unpaired) electrons. The van der Waals surface area contributed by atoms with Gasteiger partial charge in [0.2, 0.25) is 9.84 Å². The molecule has 0 aliphatic heterocycles. The summed E-state index contributed by atoms with van der Waals surface area (Å²) in [7, 11) is -2.08. The number of carbonyl (C=O) groups excluding carboxylic acids is 1. The summed E-state index contributed by atoms with van der Waals surface area (Å²) in [5, 5.41) is 5.59. The number of methoxy groups -OCH3 is 1. The van der Waals surface area contributed by atoms with Crippen LogP contribution in [-0.4, -0.2) is 26.4 Å². The molecule has 2 aromatic heterocycles. The monoisotopic (exact) mass is 488 g/mol. The third-order valence-corrected chi connectivity index (χ3v) is 8.41. The Morgan fingerprint density at radius 3 is 2.41 bits per heavy atom. The van der Waals surface area contributed by atoms with Gasteiger partial charge in [-0.3, -0.25) is 9.78 Å². The van der Waals surface area contributed by atoms with Crippen molar-refractivity contribution in [3.63, 3.8) is 0 Å². The first-order valence-corrected chi connectivity index (χ1v) is 12.8. The average Bonchev–Trinajstić information content (AvgIpc) is 3.31. The number of sulfone groups is 1. The minimum atomic E-state index is -3.67. The molecule has 5 aromatic rings. The summed E-state index contributed by atoms with van der Waals surface area (Å²) in [4.78, 5) is 17.6. The largest absolute Gasteiger partial charge is 0.497 e. The Morgan fingerprint density at radius 1 is 0.912 bits per heavy atom. The van der Waals surface area contributed by atoms with E-state index < -0.39 is 9.84 Å². The summed E-state index contributed by atoms with van der Waals surface area (Å²) in [6.07, 6.45) is 3.43. The van der Waals surface area contributed by atoms with Gasteiger partial charge in [-0.15, -0.1) is 11.3 Å². The number of fused-ring (bicyclic) bond motifs is 2. The Kier molecular flexibility index (Phi) is 5.77. The standard InChI is InChI=1S/C26H20N2O4S2/c1-32-21-6-4-19-13-23(9-5-18(19)12-21)34(30,31)22-7-2-17(3-8-22)15-28-26(29)24-14-20-10-11-27-16-25(20)33-24/h2-14,16H,15H2,1H3,(H,28,29). The lowest BCUT2D eigenvalue weighted by Crippen LogP contribution is -2.21. The van der Waals surface area contributed by atoms with E-state index in [1.807, 2.05) is 24.3 Å². The van der Waals surface area contributed by atoms with Gasteiger partial charge in [0.1, 0.15) is 5.75 Å². The molecule has 1 amide bonds. The van der Waals surface area contributed by atoms with Crippen molar-refractivity contribution in [1.29, 1.82) is 0 Å². The lowest BCUT2D eigenvalue weighted by molar-refractivity contribution is 0.0955. The van der Waals surface area contributed by atoms with Gasteiger partial charge < -0.3 is 10.1 Å². The van der Waals surface area contributed by atoms with Crippen LogP contribution in [0.15, 0.2) is 95.0 Å². The van der Waals surface area contributed by atoms with Crippen molar-refractivity contribution in [2.45, 2.75) is 16.3 Å². The van der Waals surface area contributed by atoms with E-state index >= 15 is 0 Å². The summed E-state index contributed by atoms with van der Waals surface area (Å²) >= 11 is 1.39. The fourth-order valence-electron chi connectivity index (χ4n) is 3.68. The zero-order chi connectivity index (χ0) is 23.7. The zero-order valence-corrected chi connectivity index (χ0v) is 19.8. The molecule has 6 nitrogen and oxygen atoms in total. The second kappa shape index (κ2) is 8.89. The molecule has 0 spiro atoms. The number of aromatic nitrogens is 1. The van der Waals surface area contributed by atoms with Crippen LogP contribution in [0.5, 0.6) is 5.75 Å². The van der Waals surface area contributed by atoms with Crippen LogP contribution in [0.25, 0.3) is 20.9 Å². The van der Waals surface area contributed by atoms with Crippen LogP contribution in [0.1, 0.15) is 15.2 Å². The van der Waals surface area contributed by atoms with Crippen molar-refractivity contribution in [2.24, 2.45) is 0 Å². The summed E-state index contributed by atoms with van der Waals surface area (Å²) < 4.78 is 32.5. The van der Waals surface area contributed by atoms with E-state index in [9.17, 15) is 13.2 Å². The van der Waals surface area contributed by atoms with Crippen LogP contribution in [0, 0.1) is 0 Å². The van der Waals surface area contributed by atoms with Crippen molar-refractivity contribution in [2.75, 3.05) is 7.11 Å². The number of hydrogen-bond acceptors (Lipinski definition) is 6. The average molecular weight is 489 g/mol. The summed E-state index contributed by atoms with van der Waals surface area (Å²) in [6, 6.07) is 20.8. The zero-order valence-electron chi connectivity index (χ0n) is 18.2. The van der Waals surface area contributed by atoms with Crippen LogP contribution >= 0.6 is 11.3 Å². The van der Waals surface area contributed by atoms with Crippen molar-refractivity contribution < 1.29 is 17.9 Å². The molecule has 170 valence electrons. The maximum absolute atomic E-state index is 13.2. The molecule has 0 saturated carbocycles. The Bertz CT molecular complexity index is 1590. The quantitative estimate of drug-likeness (QED) is 0.354.